The van der Waals surface area contributed by atoms with Gasteiger partial charge in [-0.3, -0.25) is 14.9 Å². The van der Waals surface area contributed by atoms with Crippen molar-refractivity contribution in [2.24, 2.45) is 5.10 Å². The van der Waals surface area contributed by atoms with Gasteiger partial charge in [-0.2, -0.15) is 5.10 Å². The molecule has 8 nitrogen and oxygen atoms in total. The first kappa shape index (κ1) is 16.4. The van der Waals surface area contributed by atoms with Crippen LogP contribution in [-0.2, 0) is 11.2 Å². The summed E-state index contributed by atoms with van der Waals surface area (Å²) >= 11 is 0. The fourth-order valence-corrected chi connectivity index (χ4v) is 2.64. The van der Waals surface area contributed by atoms with Crippen LogP contribution in [0, 0.1) is 10.1 Å². The monoisotopic (exact) mass is 341 g/mol. The molecular weight excluding hydrogens is 326 g/mol. The van der Waals surface area contributed by atoms with Crippen molar-refractivity contribution in [2.75, 3.05) is 6.61 Å². The lowest BCUT2D eigenvalue weighted by atomic mass is 10.1. The van der Waals surface area contributed by atoms with Crippen LogP contribution in [0.25, 0.3) is 0 Å². The van der Waals surface area contributed by atoms with Gasteiger partial charge in [-0.25, -0.2) is 5.43 Å². The van der Waals surface area contributed by atoms with Gasteiger partial charge in [-0.1, -0.05) is 24.3 Å². The third kappa shape index (κ3) is 3.57. The lowest BCUT2D eigenvalue weighted by Crippen LogP contribution is -2.25. The number of fused-ring (bicyclic) bond motifs is 1. The van der Waals surface area contributed by atoms with Crippen LogP contribution in [0.15, 0.2) is 47.6 Å². The molecule has 0 saturated carbocycles. The van der Waals surface area contributed by atoms with Gasteiger partial charge in [0.2, 0.25) is 0 Å². The highest BCUT2D eigenvalue weighted by atomic mass is 16.6. The molecule has 0 unspecified atom stereocenters. The van der Waals surface area contributed by atoms with E-state index in [1.54, 1.807) is 18.2 Å². The molecule has 2 N–H and O–H groups in total. The Kier molecular flexibility index (Phi) is 4.60. The van der Waals surface area contributed by atoms with E-state index in [4.69, 9.17) is 4.74 Å². The van der Waals surface area contributed by atoms with E-state index in [2.05, 4.69) is 10.5 Å². The van der Waals surface area contributed by atoms with Crippen LogP contribution < -0.4 is 10.2 Å². The molecule has 0 bridgehead atoms. The Morgan fingerprint density at radius 3 is 2.84 bits per heavy atom. The number of nitro groups is 1. The van der Waals surface area contributed by atoms with Crippen LogP contribution in [0.3, 0.4) is 0 Å². The summed E-state index contributed by atoms with van der Waals surface area (Å²) in [5.74, 6) is -0.292. The van der Waals surface area contributed by atoms with Gasteiger partial charge in [0.05, 0.1) is 10.6 Å². The first-order valence-electron chi connectivity index (χ1n) is 7.59. The van der Waals surface area contributed by atoms with Crippen molar-refractivity contribution in [2.45, 2.75) is 12.8 Å². The summed E-state index contributed by atoms with van der Waals surface area (Å²) in [5, 5.41) is 24.8. The average Bonchev–Trinajstić information content (AvgIpc) is 3.03. The second kappa shape index (κ2) is 7.00. The maximum absolute atomic E-state index is 11.9. The van der Waals surface area contributed by atoms with Crippen LogP contribution in [0.5, 0.6) is 11.5 Å². The number of nitrogens with one attached hydrogen (secondary N) is 1. The molecule has 2 aromatic carbocycles. The van der Waals surface area contributed by atoms with Crippen molar-refractivity contribution in [3.63, 3.8) is 0 Å². The number of rotatable bonds is 5. The Hall–Kier alpha value is -3.42. The molecule has 0 aromatic heterocycles. The fraction of sp³-hybridized carbons (Fsp3) is 0.176. The quantitative estimate of drug-likeness (QED) is 0.639. The average molecular weight is 341 g/mol. The molecule has 2 aromatic rings. The molecular formula is C17H15N3O5. The molecule has 1 amide bonds. The van der Waals surface area contributed by atoms with E-state index in [0.717, 1.165) is 11.1 Å². The summed E-state index contributed by atoms with van der Waals surface area (Å²) in [6.07, 6.45) is 1.27. The number of ether oxygens (including phenoxy) is 1. The number of hydrogen-bond acceptors (Lipinski definition) is 6. The largest absolute Gasteiger partial charge is 0.508 e. The van der Waals surface area contributed by atoms with Crippen molar-refractivity contribution < 1.29 is 19.6 Å². The highest BCUT2D eigenvalue weighted by Crippen LogP contribution is 2.29. The number of carbonyl (C=O) groups excluding carboxylic acids is 1. The number of hydrazone groups is 1. The summed E-state index contributed by atoms with van der Waals surface area (Å²) in [4.78, 5) is 22.2. The second-order valence-corrected chi connectivity index (χ2v) is 5.41. The van der Waals surface area contributed by atoms with Gasteiger partial charge in [0.25, 0.3) is 5.91 Å². The van der Waals surface area contributed by atoms with Crippen LogP contribution in [-0.4, -0.2) is 28.3 Å². The van der Waals surface area contributed by atoms with Gasteiger partial charge >= 0.3 is 5.69 Å². The number of carbonyl (C=O) groups is 1. The molecule has 1 aliphatic rings. The predicted molar refractivity (Wildman–Crippen MR) is 89.7 cm³/mol. The lowest BCUT2D eigenvalue weighted by Gasteiger charge is -2.06. The molecule has 0 spiro atoms. The number of aromatic hydroxyl groups is 1. The molecule has 1 aliphatic carbocycles. The number of nitro benzene ring substituents is 1. The van der Waals surface area contributed by atoms with Gasteiger partial charge in [-0.15, -0.1) is 0 Å². The minimum Gasteiger partial charge on any atom is -0.508 e. The Morgan fingerprint density at radius 2 is 2.04 bits per heavy atom. The van der Waals surface area contributed by atoms with Gasteiger partial charge in [0, 0.05) is 17.2 Å². The Bertz CT molecular complexity index is 863. The third-order valence-corrected chi connectivity index (χ3v) is 3.81. The molecule has 128 valence electrons. The highest BCUT2D eigenvalue weighted by molar-refractivity contribution is 6.05. The number of hydrogen-bond donors (Lipinski definition) is 2. The van der Waals surface area contributed by atoms with Gasteiger partial charge in [0.15, 0.2) is 12.4 Å². The number of phenolic OH excluding ortho intramolecular Hbond substituents is 1. The predicted octanol–water partition coefficient (Wildman–Crippen LogP) is 2.15. The number of para-hydroxylation sites is 2. The van der Waals surface area contributed by atoms with E-state index < -0.39 is 17.4 Å². The molecule has 3 rings (SSSR count). The van der Waals surface area contributed by atoms with Crippen LogP contribution >= 0.6 is 0 Å². The van der Waals surface area contributed by atoms with Crippen LogP contribution in [0.4, 0.5) is 5.69 Å². The minimum absolute atomic E-state index is 0.0198. The fourth-order valence-electron chi connectivity index (χ4n) is 2.64. The molecule has 0 saturated heterocycles. The maximum Gasteiger partial charge on any atom is 0.310 e. The number of amides is 1. The molecule has 0 aliphatic heterocycles. The van der Waals surface area contributed by atoms with Crippen LogP contribution in [0.2, 0.25) is 0 Å². The van der Waals surface area contributed by atoms with E-state index in [1.165, 1.54) is 18.2 Å². The normalized spacial score (nSPS) is 14.2. The first-order valence-corrected chi connectivity index (χ1v) is 7.59. The van der Waals surface area contributed by atoms with Crippen molar-refractivity contribution in [1.82, 2.24) is 5.43 Å². The SMILES string of the molecule is O=C(COc1ccccc1[N+](=O)[O-])N/N=C1/CCc2c(O)cccc21. The minimum atomic E-state index is -0.574. The zero-order valence-electron chi connectivity index (χ0n) is 13.1. The zero-order valence-corrected chi connectivity index (χ0v) is 13.1. The standard InChI is InChI=1S/C17H15N3O5/c21-15-6-3-4-11-12(15)8-9-13(11)18-19-17(22)10-25-16-7-2-1-5-14(16)20(23)24/h1-7,21H,8-10H2,(H,19,22)/b18-13-. The van der Waals surface area contributed by atoms with Crippen molar-refractivity contribution in [3.05, 3.63) is 63.7 Å². The van der Waals surface area contributed by atoms with E-state index in [-0.39, 0.29) is 17.2 Å². The number of phenols is 1. The van der Waals surface area contributed by atoms with Crippen LogP contribution in [0.1, 0.15) is 17.5 Å². The highest BCUT2D eigenvalue weighted by Gasteiger charge is 2.21. The molecule has 0 fully saturated rings. The van der Waals surface area contributed by atoms with E-state index >= 15 is 0 Å². The summed E-state index contributed by atoms with van der Waals surface area (Å²) in [6.45, 7) is -0.394. The van der Waals surface area contributed by atoms with Gasteiger partial charge < -0.3 is 9.84 Å². The van der Waals surface area contributed by atoms with Crippen molar-refractivity contribution in [3.8, 4) is 11.5 Å². The number of benzene rings is 2. The second-order valence-electron chi connectivity index (χ2n) is 5.41. The Labute approximate surface area is 142 Å². The van der Waals surface area contributed by atoms with Crippen molar-refractivity contribution >= 4 is 17.3 Å². The summed E-state index contributed by atoms with van der Waals surface area (Å²) in [6, 6.07) is 11.0. The van der Waals surface area contributed by atoms with Gasteiger partial charge in [-0.05, 0) is 25.0 Å². The van der Waals surface area contributed by atoms with Gasteiger partial charge in [0.1, 0.15) is 5.75 Å². The van der Waals surface area contributed by atoms with E-state index in [0.29, 0.717) is 18.6 Å². The third-order valence-electron chi connectivity index (χ3n) is 3.81. The Balaban J connectivity index is 1.62. The molecule has 0 radical (unpaired) electrons. The first-order chi connectivity index (χ1) is 12.1. The van der Waals surface area contributed by atoms with E-state index in [9.17, 15) is 20.0 Å². The van der Waals surface area contributed by atoms with E-state index in [1.807, 2.05) is 6.07 Å². The zero-order chi connectivity index (χ0) is 17.8. The number of nitrogens with zero attached hydrogens (tertiary/aromatic N) is 2. The summed E-state index contributed by atoms with van der Waals surface area (Å²) in [5.41, 5.74) is 4.46. The maximum atomic E-state index is 11.9. The smallest absolute Gasteiger partial charge is 0.310 e. The topological polar surface area (TPSA) is 114 Å². The van der Waals surface area contributed by atoms with Crippen molar-refractivity contribution in [1.29, 1.82) is 0 Å². The molecule has 25 heavy (non-hydrogen) atoms. The summed E-state index contributed by atoms with van der Waals surface area (Å²) < 4.78 is 5.20. The Morgan fingerprint density at radius 1 is 1.24 bits per heavy atom. The molecule has 0 heterocycles. The summed E-state index contributed by atoms with van der Waals surface area (Å²) in [7, 11) is 0. The molecule has 8 heteroatoms. The lowest BCUT2D eigenvalue weighted by molar-refractivity contribution is -0.385. The molecule has 0 atom stereocenters.